The molecule has 0 aliphatic carbocycles. The number of carbonyl (C=O) groups is 2. The Hall–Kier alpha value is -1.61. The summed E-state index contributed by atoms with van der Waals surface area (Å²) in [5, 5.41) is 21.6. The van der Waals surface area contributed by atoms with Crippen LogP contribution in [0, 0.1) is 10.5 Å². The molecule has 3 N–H and O–H groups in total. The molecule has 1 aromatic carbocycles. The number of phenols is 1. The molecule has 0 spiro atoms. The van der Waals surface area contributed by atoms with Gasteiger partial charge in [-0.05, 0) is 53.8 Å². The predicted octanol–water partition coefficient (Wildman–Crippen LogP) is 3.32. The van der Waals surface area contributed by atoms with Gasteiger partial charge in [0.2, 0.25) is 0 Å². The van der Waals surface area contributed by atoms with Crippen molar-refractivity contribution in [2.45, 2.75) is 6.92 Å². The minimum atomic E-state index is -1.10. The number of aromatic hydroxyl groups is 1. The molecule has 7 heteroatoms. The van der Waals surface area contributed by atoms with Gasteiger partial charge in [-0.1, -0.05) is 0 Å². The molecule has 2 aromatic rings. The van der Waals surface area contributed by atoms with Crippen LogP contribution in [0.25, 0.3) is 0 Å². The highest BCUT2D eigenvalue weighted by Gasteiger charge is 2.18. The largest absolute Gasteiger partial charge is 0.507 e. The van der Waals surface area contributed by atoms with Gasteiger partial charge in [-0.2, -0.15) is 0 Å². The van der Waals surface area contributed by atoms with Gasteiger partial charge >= 0.3 is 5.97 Å². The normalized spacial score (nSPS) is 10.3. The molecule has 1 heterocycles. The molecular weight excluding hydrogens is 393 g/mol. The van der Waals surface area contributed by atoms with Gasteiger partial charge in [0.15, 0.2) is 0 Å². The summed E-state index contributed by atoms with van der Waals surface area (Å²) in [6, 6.07) is 6.13. The third-order valence-electron chi connectivity index (χ3n) is 2.52. The topological polar surface area (TPSA) is 86.6 Å². The molecule has 104 valence electrons. The van der Waals surface area contributed by atoms with Crippen molar-refractivity contribution < 1.29 is 19.8 Å². The van der Waals surface area contributed by atoms with Crippen molar-refractivity contribution in [3.63, 3.8) is 0 Å². The lowest BCUT2D eigenvalue weighted by Crippen LogP contribution is -2.13. The van der Waals surface area contributed by atoms with E-state index in [9.17, 15) is 14.7 Å². The zero-order valence-electron chi connectivity index (χ0n) is 10.3. The first kappa shape index (κ1) is 14.8. The van der Waals surface area contributed by atoms with Gasteiger partial charge in [0.25, 0.3) is 5.91 Å². The lowest BCUT2D eigenvalue weighted by molar-refractivity contribution is 0.0698. The average Bonchev–Trinajstić information content (AvgIpc) is 2.73. The molecule has 5 nitrogen and oxygen atoms in total. The van der Waals surface area contributed by atoms with E-state index in [2.05, 4.69) is 5.32 Å². The average molecular weight is 403 g/mol. The number of benzene rings is 1. The number of carboxylic acid groups (broad SMARTS) is 1. The Morgan fingerprint density at radius 2 is 1.95 bits per heavy atom. The molecule has 0 unspecified atom stereocenters. The monoisotopic (exact) mass is 403 g/mol. The van der Waals surface area contributed by atoms with Crippen molar-refractivity contribution in [1.82, 2.24) is 0 Å². The zero-order chi connectivity index (χ0) is 14.9. The second-order valence-electron chi connectivity index (χ2n) is 4.02. The van der Waals surface area contributed by atoms with E-state index < -0.39 is 11.9 Å². The number of carboxylic acids is 1. The lowest BCUT2D eigenvalue weighted by Gasteiger charge is -2.06. The van der Waals surface area contributed by atoms with E-state index in [0.29, 0.717) is 0 Å². The molecule has 0 bridgehead atoms. The van der Waals surface area contributed by atoms with E-state index >= 15 is 0 Å². The second-order valence-corrected chi connectivity index (χ2v) is 6.52. The zero-order valence-corrected chi connectivity index (χ0v) is 13.3. The summed E-state index contributed by atoms with van der Waals surface area (Å²) < 4.78 is 0.798. The van der Waals surface area contributed by atoms with E-state index in [-0.39, 0.29) is 21.9 Å². The smallest absolute Gasteiger partial charge is 0.338 e. The fourth-order valence-electron chi connectivity index (χ4n) is 1.63. The van der Waals surface area contributed by atoms with Gasteiger partial charge in [-0.25, -0.2) is 4.79 Å². The number of amides is 1. The molecule has 2 rings (SSSR count). The SMILES string of the molecule is Cc1cc(C(=O)O)c(NC(=O)c2cc(I)ccc2O)s1. The Bertz CT molecular complexity index is 696. The van der Waals surface area contributed by atoms with Gasteiger partial charge in [0.05, 0.1) is 11.1 Å². The van der Waals surface area contributed by atoms with Crippen LogP contribution in [0.3, 0.4) is 0 Å². The van der Waals surface area contributed by atoms with Crippen LogP contribution >= 0.6 is 33.9 Å². The highest BCUT2D eigenvalue weighted by Crippen LogP contribution is 2.29. The van der Waals surface area contributed by atoms with Gasteiger partial charge in [0.1, 0.15) is 10.8 Å². The van der Waals surface area contributed by atoms with Crippen LogP contribution in [0.15, 0.2) is 24.3 Å². The van der Waals surface area contributed by atoms with Crippen molar-refractivity contribution in [2.24, 2.45) is 0 Å². The fraction of sp³-hybridized carbons (Fsp3) is 0.0769. The van der Waals surface area contributed by atoms with E-state index in [1.165, 1.54) is 29.5 Å². The maximum atomic E-state index is 12.1. The van der Waals surface area contributed by atoms with E-state index in [1.54, 1.807) is 13.0 Å². The molecule has 0 radical (unpaired) electrons. The number of thiophene rings is 1. The van der Waals surface area contributed by atoms with Crippen LogP contribution in [0.1, 0.15) is 25.6 Å². The number of anilines is 1. The number of nitrogens with one attached hydrogen (secondary N) is 1. The summed E-state index contributed by atoms with van der Waals surface area (Å²) in [5.74, 6) is -1.78. The van der Waals surface area contributed by atoms with Crippen molar-refractivity contribution in [1.29, 1.82) is 0 Å². The summed E-state index contributed by atoms with van der Waals surface area (Å²) in [7, 11) is 0. The molecular formula is C13H10INO4S. The highest BCUT2D eigenvalue weighted by atomic mass is 127. The van der Waals surface area contributed by atoms with Crippen LogP contribution < -0.4 is 5.32 Å². The van der Waals surface area contributed by atoms with Gasteiger partial charge < -0.3 is 15.5 Å². The second kappa shape index (κ2) is 5.80. The van der Waals surface area contributed by atoms with Crippen LogP contribution in [0.5, 0.6) is 5.75 Å². The first-order valence-corrected chi connectivity index (χ1v) is 7.41. The van der Waals surface area contributed by atoms with E-state index in [0.717, 1.165) is 8.45 Å². The first-order valence-electron chi connectivity index (χ1n) is 5.52. The third kappa shape index (κ3) is 3.10. The predicted molar refractivity (Wildman–Crippen MR) is 84.8 cm³/mol. The summed E-state index contributed by atoms with van der Waals surface area (Å²) in [6.07, 6.45) is 0. The summed E-state index contributed by atoms with van der Waals surface area (Å²) in [6.45, 7) is 1.76. The number of halogens is 1. The van der Waals surface area contributed by atoms with E-state index in [1.807, 2.05) is 22.6 Å². The van der Waals surface area contributed by atoms with Gasteiger partial charge in [-0.3, -0.25) is 4.79 Å². The minimum absolute atomic E-state index is 0.0472. The quantitative estimate of drug-likeness (QED) is 0.687. The van der Waals surface area contributed by atoms with Crippen molar-refractivity contribution in [2.75, 3.05) is 5.32 Å². The molecule has 0 saturated carbocycles. The van der Waals surface area contributed by atoms with Crippen LogP contribution in [0.2, 0.25) is 0 Å². The number of rotatable bonds is 3. The number of aryl methyl sites for hydroxylation is 1. The molecule has 0 aliphatic rings. The minimum Gasteiger partial charge on any atom is -0.507 e. The highest BCUT2D eigenvalue weighted by molar-refractivity contribution is 14.1. The third-order valence-corrected chi connectivity index (χ3v) is 4.15. The van der Waals surface area contributed by atoms with Gasteiger partial charge in [0, 0.05) is 8.45 Å². The van der Waals surface area contributed by atoms with Gasteiger partial charge in [-0.15, -0.1) is 11.3 Å². The first-order chi connectivity index (χ1) is 9.38. The molecule has 1 amide bonds. The summed E-state index contributed by atoms with van der Waals surface area (Å²) >= 11 is 3.20. The Morgan fingerprint density at radius 3 is 2.60 bits per heavy atom. The number of phenolic OH excluding ortho intramolecular Hbond substituents is 1. The molecule has 0 atom stereocenters. The Labute approximate surface area is 132 Å². The fourth-order valence-corrected chi connectivity index (χ4v) is 3.02. The lowest BCUT2D eigenvalue weighted by atomic mass is 10.2. The van der Waals surface area contributed by atoms with Crippen LogP contribution in [-0.2, 0) is 0 Å². The molecule has 0 saturated heterocycles. The van der Waals surface area contributed by atoms with Crippen molar-refractivity contribution in [3.8, 4) is 5.75 Å². The molecule has 0 aliphatic heterocycles. The Morgan fingerprint density at radius 1 is 1.25 bits per heavy atom. The van der Waals surface area contributed by atoms with Crippen LogP contribution in [0.4, 0.5) is 5.00 Å². The Kier molecular flexibility index (Phi) is 4.29. The number of hydrogen-bond acceptors (Lipinski definition) is 4. The van der Waals surface area contributed by atoms with Crippen molar-refractivity contribution >= 4 is 50.8 Å². The summed E-state index contributed by atoms with van der Waals surface area (Å²) in [4.78, 5) is 24.0. The van der Waals surface area contributed by atoms with Crippen LogP contribution in [-0.4, -0.2) is 22.1 Å². The maximum absolute atomic E-state index is 12.1. The summed E-state index contributed by atoms with van der Waals surface area (Å²) in [5.41, 5.74) is 0.158. The molecule has 1 aromatic heterocycles. The number of hydrogen-bond donors (Lipinski definition) is 3. The molecule has 20 heavy (non-hydrogen) atoms. The van der Waals surface area contributed by atoms with E-state index in [4.69, 9.17) is 5.11 Å². The Balaban J connectivity index is 2.32. The number of aromatic carboxylic acids is 1. The number of carbonyl (C=O) groups excluding carboxylic acids is 1. The maximum Gasteiger partial charge on any atom is 0.338 e. The standard InChI is InChI=1S/C13H10INO4S/c1-6-4-9(13(18)19)12(20-6)15-11(17)8-5-7(14)2-3-10(8)16/h2-5,16H,1H3,(H,15,17)(H,18,19). The van der Waals surface area contributed by atoms with Crippen molar-refractivity contribution in [3.05, 3.63) is 43.8 Å². The molecule has 0 fully saturated rings.